The molecule has 0 radical (unpaired) electrons. The molecule has 0 aromatic heterocycles. The Kier molecular flexibility index (Phi) is 6.32. The summed E-state index contributed by atoms with van der Waals surface area (Å²) in [7, 11) is 0. The van der Waals surface area contributed by atoms with Crippen molar-refractivity contribution in [2.24, 2.45) is 11.8 Å². The van der Waals surface area contributed by atoms with E-state index < -0.39 is 5.60 Å². The third-order valence-electron chi connectivity index (χ3n) is 2.45. The molecule has 0 bridgehead atoms. The topological polar surface area (TPSA) is 57.5 Å². The standard InChI is InChI=1S/C13H22O3/c1-10(2)12(6-5-11(3)15)7-8-13(4,16)9-14/h10,12,14,16H,5-6,9H2,1-4H3. The fraction of sp³-hybridized carbons (Fsp3) is 0.769. The first-order valence-electron chi connectivity index (χ1n) is 5.64. The van der Waals surface area contributed by atoms with Gasteiger partial charge in [0.15, 0.2) is 0 Å². The first-order chi connectivity index (χ1) is 7.28. The number of carbonyl (C=O) groups is 1. The molecule has 3 heteroatoms. The lowest BCUT2D eigenvalue weighted by Gasteiger charge is -2.16. The van der Waals surface area contributed by atoms with Gasteiger partial charge >= 0.3 is 0 Å². The Morgan fingerprint density at radius 2 is 2.00 bits per heavy atom. The Morgan fingerprint density at radius 3 is 2.38 bits per heavy atom. The Bertz CT molecular complexity index is 281. The van der Waals surface area contributed by atoms with Crippen LogP contribution in [0, 0.1) is 23.7 Å². The third-order valence-corrected chi connectivity index (χ3v) is 2.45. The maximum absolute atomic E-state index is 10.9. The van der Waals surface area contributed by atoms with Crippen LogP contribution in [0.25, 0.3) is 0 Å². The van der Waals surface area contributed by atoms with Crippen LogP contribution in [0.3, 0.4) is 0 Å². The largest absolute Gasteiger partial charge is 0.392 e. The molecule has 2 unspecified atom stereocenters. The molecular formula is C13H22O3. The molecule has 0 saturated carbocycles. The molecule has 0 amide bonds. The van der Waals surface area contributed by atoms with Gasteiger partial charge in [-0.2, -0.15) is 0 Å². The average Bonchev–Trinajstić information content (AvgIpc) is 2.16. The van der Waals surface area contributed by atoms with E-state index in [0.29, 0.717) is 18.8 Å². The molecule has 0 rings (SSSR count). The second-order valence-electron chi connectivity index (χ2n) is 4.79. The summed E-state index contributed by atoms with van der Waals surface area (Å²) < 4.78 is 0. The van der Waals surface area contributed by atoms with Crippen LogP contribution < -0.4 is 0 Å². The van der Waals surface area contributed by atoms with Gasteiger partial charge in [-0.1, -0.05) is 25.7 Å². The van der Waals surface area contributed by atoms with Gasteiger partial charge in [-0.15, -0.1) is 0 Å². The number of hydrogen-bond acceptors (Lipinski definition) is 3. The summed E-state index contributed by atoms with van der Waals surface area (Å²) in [6, 6.07) is 0. The fourth-order valence-electron chi connectivity index (χ4n) is 1.22. The predicted molar refractivity (Wildman–Crippen MR) is 63.7 cm³/mol. The minimum absolute atomic E-state index is 0.0851. The highest BCUT2D eigenvalue weighted by molar-refractivity contribution is 5.75. The van der Waals surface area contributed by atoms with Gasteiger partial charge in [-0.05, 0) is 26.2 Å². The second-order valence-corrected chi connectivity index (χ2v) is 4.79. The van der Waals surface area contributed by atoms with Crippen molar-refractivity contribution >= 4 is 5.78 Å². The molecule has 0 aliphatic heterocycles. The van der Waals surface area contributed by atoms with Gasteiger partial charge in [-0.3, -0.25) is 0 Å². The maximum Gasteiger partial charge on any atom is 0.145 e. The van der Waals surface area contributed by atoms with E-state index in [2.05, 4.69) is 11.8 Å². The first kappa shape index (κ1) is 15.2. The van der Waals surface area contributed by atoms with Crippen LogP contribution >= 0.6 is 0 Å². The van der Waals surface area contributed by atoms with E-state index in [1.54, 1.807) is 6.92 Å². The molecule has 16 heavy (non-hydrogen) atoms. The van der Waals surface area contributed by atoms with E-state index in [1.165, 1.54) is 6.92 Å². The zero-order valence-corrected chi connectivity index (χ0v) is 10.6. The van der Waals surface area contributed by atoms with Crippen molar-refractivity contribution in [3.05, 3.63) is 0 Å². The van der Waals surface area contributed by atoms with Crippen molar-refractivity contribution in [1.29, 1.82) is 0 Å². The predicted octanol–water partition coefficient (Wildman–Crippen LogP) is 1.37. The van der Waals surface area contributed by atoms with Gasteiger partial charge < -0.3 is 15.0 Å². The highest BCUT2D eigenvalue weighted by atomic mass is 16.3. The molecule has 0 spiro atoms. The van der Waals surface area contributed by atoms with Crippen LogP contribution in [0.15, 0.2) is 0 Å². The monoisotopic (exact) mass is 226 g/mol. The van der Waals surface area contributed by atoms with Crippen LogP contribution in [0.1, 0.15) is 40.5 Å². The third kappa shape index (κ3) is 6.60. The zero-order chi connectivity index (χ0) is 12.8. The van der Waals surface area contributed by atoms with Crippen molar-refractivity contribution < 1.29 is 15.0 Å². The second kappa shape index (κ2) is 6.67. The zero-order valence-electron chi connectivity index (χ0n) is 10.6. The van der Waals surface area contributed by atoms with E-state index in [-0.39, 0.29) is 18.3 Å². The summed E-state index contributed by atoms with van der Waals surface area (Å²) in [4.78, 5) is 10.9. The van der Waals surface area contributed by atoms with Gasteiger partial charge in [0, 0.05) is 12.3 Å². The van der Waals surface area contributed by atoms with Gasteiger partial charge in [0.2, 0.25) is 0 Å². The highest BCUT2D eigenvalue weighted by Gasteiger charge is 2.16. The van der Waals surface area contributed by atoms with Crippen LogP contribution in [-0.4, -0.2) is 28.2 Å². The number of rotatable bonds is 5. The molecule has 2 N–H and O–H groups in total. The van der Waals surface area contributed by atoms with Crippen LogP contribution in [0.4, 0.5) is 0 Å². The van der Waals surface area contributed by atoms with Gasteiger partial charge in [0.05, 0.1) is 6.61 Å². The van der Waals surface area contributed by atoms with Crippen molar-refractivity contribution in [3.8, 4) is 11.8 Å². The van der Waals surface area contributed by atoms with E-state index >= 15 is 0 Å². The number of carbonyl (C=O) groups excluding carboxylic acids is 1. The summed E-state index contributed by atoms with van der Waals surface area (Å²) in [5.74, 6) is 6.19. The lowest BCUT2D eigenvalue weighted by Crippen LogP contribution is -2.26. The van der Waals surface area contributed by atoms with E-state index in [0.717, 1.165) is 0 Å². The van der Waals surface area contributed by atoms with E-state index in [1.807, 2.05) is 13.8 Å². The highest BCUT2D eigenvalue weighted by Crippen LogP contribution is 2.17. The normalized spacial score (nSPS) is 16.2. The van der Waals surface area contributed by atoms with Crippen LogP contribution in [0.2, 0.25) is 0 Å². The number of aliphatic hydroxyl groups excluding tert-OH is 1. The average molecular weight is 226 g/mol. The Balaban J connectivity index is 4.50. The summed E-state index contributed by atoms with van der Waals surface area (Å²) in [6.45, 7) is 6.73. The Labute approximate surface area is 97.9 Å². The smallest absolute Gasteiger partial charge is 0.145 e. The maximum atomic E-state index is 10.9. The summed E-state index contributed by atoms with van der Waals surface area (Å²) >= 11 is 0. The van der Waals surface area contributed by atoms with Crippen molar-refractivity contribution in [3.63, 3.8) is 0 Å². The van der Waals surface area contributed by atoms with Crippen molar-refractivity contribution in [2.45, 2.75) is 46.1 Å². The summed E-state index contributed by atoms with van der Waals surface area (Å²) in [6.07, 6.45) is 1.22. The first-order valence-corrected chi connectivity index (χ1v) is 5.64. The fourth-order valence-corrected chi connectivity index (χ4v) is 1.22. The molecule has 2 atom stereocenters. The number of hydrogen-bond donors (Lipinski definition) is 2. The molecule has 0 fully saturated rings. The van der Waals surface area contributed by atoms with Crippen molar-refractivity contribution in [2.75, 3.05) is 6.61 Å². The lowest BCUT2D eigenvalue weighted by atomic mass is 9.90. The van der Waals surface area contributed by atoms with Gasteiger partial charge in [0.1, 0.15) is 11.4 Å². The minimum Gasteiger partial charge on any atom is -0.392 e. The van der Waals surface area contributed by atoms with Gasteiger partial charge in [-0.25, -0.2) is 0 Å². The van der Waals surface area contributed by atoms with Gasteiger partial charge in [0.25, 0.3) is 0 Å². The molecule has 0 saturated heterocycles. The molecule has 0 aliphatic carbocycles. The molecular weight excluding hydrogens is 204 g/mol. The Morgan fingerprint density at radius 1 is 1.44 bits per heavy atom. The van der Waals surface area contributed by atoms with Crippen LogP contribution in [0.5, 0.6) is 0 Å². The molecule has 92 valence electrons. The SMILES string of the molecule is CC(=O)CCC(C#CC(C)(O)CO)C(C)C. The molecule has 0 aromatic rings. The number of Topliss-reactive ketones (excluding diaryl/α,β-unsaturated/α-hetero) is 1. The van der Waals surface area contributed by atoms with E-state index in [4.69, 9.17) is 5.11 Å². The summed E-state index contributed by atoms with van der Waals surface area (Å²) in [5.41, 5.74) is -1.34. The lowest BCUT2D eigenvalue weighted by molar-refractivity contribution is -0.117. The Hall–Kier alpha value is -0.850. The summed E-state index contributed by atoms with van der Waals surface area (Å²) in [5, 5.41) is 18.4. The molecule has 0 aromatic carbocycles. The number of aliphatic hydroxyl groups is 2. The quantitative estimate of drug-likeness (QED) is 0.696. The van der Waals surface area contributed by atoms with Crippen LogP contribution in [-0.2, 0) is 4.79 Å². The molecule has 0 aliphatic rings. The molecule has 0 heterocycles. The minimum atomic E-state index is -1.34. The van der Waals surface area contributed by atoms with Crippen molar-refractivity contribution in [1.82, 2.24) is 0 Å². The molecule has 3 nitrogen and oxygen atoms in total. The number of ketones is 1. The van der Waals surface area contributed by atoms with E-state index in [9.17, 15) is 9.90 Å².